The number of allylic oxidation sites excluding steroid dienone is 1. The second-order valence-corrected chi connectivity index (χ2v) is 26.9. The summed E-state index contributed by atoms with van der Waals surface area (Å²) in [5.74, 6) is 0.131. The number of anilines is 1. The fourth-order valence-electron chi connectivity index (χ4n) is 9.75. The van der Waals surface area contributed by atoms with E-state index in [1.165, 1.54) is 46.2 Å². The fraction of sp³-hybridized carbons (Fsp3) is 0.652. The Bertz CT molecular complexity index is 2510. The number of amides is 3. The summed E-state index contributed by atoms with van der Waals surface area (Å²) in [6.07, 6.45) is 9.15. The summed E-state index contributed by atoms with van der Waals surface area (Å²) in [6, 6.07) is 12.3. The number of aromatic nitrogens is 1. The zero-order valence-electron chi connectivity index (χ0n) is 54.7. The monoisotopic (exact) mass is 1150 g/mol. The molecule has 3 heterocycles. The molecule has 2 N–H and O–H groups in total. The SMILES string of the molecule is C=C(C(NC(=O)CN(C)C(=O)OC(C)(C)C)C(C)C)N1CCC[C@H]1Cc1c2n(c3cc(F)ccc13)CCN(C)c1cc(C)ccc1/C(CC(C)CCC)=C/2.CC.CC(=O)C(NC(=O)[C@H](C)N(C)C)C(C)C.CC(C)(C)PC=O.CCC. The number of nitrogens with zero attached hydrogens (tertiary/aromatic N) is 5. The number of likely N-dealkylation sites (tertiary alicyclic amines) is 1. The highest BCUT2D eigenvalue weighted by Crippen LogP contribution is 2.40. The van der Waals surface area contributed by atoms with E-state index in [-0.39, 0.29) is 71.1 Å². The van der Waals surface area contributed by atoms with Gasteiger partial charge in [0.05, 0.1) is 23.6 Å². The Balaban J connectivity index is 0.00000100. The molecular formula is C66H111FN7O6P. The third-order valence-electron chi connectivity index (χ3n) is 14.1. The van der Waals surface area contributed by atoms with Crippen LogP contribution in [-0.2, 0) is 36.9 Å². The third kappa shape index (κ3) is 24.4. The van der Waals surface area contributed by atoms with Gasteiger partial charge >= 0.3 is 6.09 Å². The van der Waals surface area contributed by atoms with Crippen LogP contribution in [0.1, 0.15) is 186 Å². The van der Waals surface area contributed by atoms with Gasteiger partial charge in [0, 0.05) is 67.8 Å². The molecule has 0 saturated carbocycles. The van der Waals surface area contributed by atoms with E-state index < -0.39 is 11.7 Å². The van der Waals surface area contributed by atoms with Crippen LogP contribution >= 0.6 is 8.58 Å². The Morgan fingerprint density at radius 2 is 1.49 bits per heavy atom. The second-order valence-electron chi connectivity index (χ2n) is 24.9. The summed E-state index contributed by atoms with van der Waals surface area (Å²) < 4.78 is 22.9. The van der Waals surface area contributed by atoms with Crippen molar-refractivity contribution in [3.63, 3.8) is 0 Å². The lowest BCUT2D eigenvalue weighted by Gasteiger charge is -2.36. The van der Waals surface area contributed by atoms with E-state index in [4.69, 9.17) is 4.74 Å². The van der Waals surface area contributed by atoms with E-state index in [0.29, 0.717) is 14.5 Å². The van der Waals surface area contributed by atoms with Crippen LogP contribution in [0.15, 0.2) is 48.7 Å². The molecule has 13 nitrogen and oxygen atoms in total. The minimum Gasteiger partial charge on any atom is -0.444 e. The molecule has 3 amide bonds. The Morgan fingerprint density at radius 3 is 2.00 bits per heavy atom. The minimum atomic E-state index is -0.650. The Hall–Kier alpha value is -5.07. The molecule has 3 aromatic rings. The molecule has 4 unspecified atom stereocenters. The first-order valence-electron chi connectivity index (χ1n) is 29.9. The van der Waals surface area contributed by atoms with Crippen LogP contribution in [0.5, 0.6) is 0 Å². The van der Waals surface area contributed by atoms with Gasteiger partial charge in [0.2, 0.25) is 11.8 Å². The maximum Gasteiger partial charge on any atom is 0.410 e. The van der Waals surface area contributed by atoms with E-state index in [2.05, 4.69) is 132 Å². The molecule has 2 aliphatic rings. The topological polar surface area (TPSA) is 137 Å². The number of hydrogen-bond donors (Lipinski definition) is 2. The average molecular weight is 1150 g/mol. The lowest BCUT2D eigenvalue weighted by Crippen LogP contribution is -2.50. The standard InChI is InChI=1S/C45H64FN5O3.C11H22N2O2.C5H11OP.C3H8.C2H6/c1-12-14-30(4)23-33-25-40-38(37-19-17-34(46)26-41(37)51(40)22-21-48(10)39-24-31(5)16-18-36(33)39)27-35-15-13-20-50(35)32(6)43(29(2)3)47-42(52)28-49(11)44(53)54-45(7,8)9;1-7(2)10(9(4)14)12-11(15)8(3)13(5)6;1-5(2,3)7-4-6;1-3-2;1-2/h16-19,24-26,29-30,35,43H,6,12-15,20-23,27-28H2,1-5,7-11H3,(H,47,52);7-8,10H,1-6H3,(H,12,15);4,7H,1-3H3;3H2,1-2H3;1-2H3/b33-25+;;;;/t30?,35-,43?;8-,10?;;;/m00.../s1. The number of ether oxygens (including phenoxy) is 1. The van der Waals surface area contributed by atoms with E-state index in [9.17, 15) is 24.0 Å². The van der Waals surface area contributed by atoms with Crippen LogP contribution in [0, 0.1) is 30.5 Å². The third-order valence-corrected chi connectivity index (χ3v) is 15.1. The molecule has 2 aliphatic heterocycles. The molecule has 81 heavy (non-hydrogen) atoms. The van der Waals surface area contributed by atoms with E-state index >= 15 is 4.39 Å². The summed E-state index contributed by atoms with van der Waals surface area (Å²) in [5, 5.41) is 7.26. The quantitative estimate of drug-likeness (QED) is 0.0942. The molecule has 458 valence electrons. The number of benzene rings is 2. The normalized spacial score (nSPS) is 16.4. The largest absolute Gasteiger partial charge is 0.444 e. The van der Waals surface area contributed by atoms with E-state index in [1.807, 2.05) is 59.7 Å². The van der Waals surface area contributed by atoms with Crippen LogP contribution in [-0.4, -0.2) is 132 Å². The molecule has 6 atom stereocenters. The van der Waals surface area contributed by atoms with Crippen LogP contribution in [0.25, 0.3) is 22.6 Å². The first-order chi connectivity index (χ1) is 37.7. The number of fused-ring (bicyclic) bond motifs is 4. The Morgan fingerprint density at radius 1 is 0.889 bits per heavy atom. The van der Waals surface area contributed by atoms with Crippen molar-refractivity contribution in [2.24, 2.45) is 17.8 Å². The molecule has 0 bridgehead atoms. The number of rotatable bonds is 18. The van der Waals surface area contributed by atoms with Crippen LogP contribution < -0.4 is 15.5 Å². The first kappa shape index (κ1) is 73.9. The summed E-state index contributed by atoms with van der Waals surface area (Å²) in [6.45, 7) is 44.8. The van der Waals surface area contributed by atoms with Gasteiger partial charge in [0.1, 0.15) is 24.0 Å². The first-order valence-corrected chi connectivity index (χ1v) is 31.0. The number of ketones is 1. The molecule has 0 spiro atoms. The molecule has 1 fully saturated rings. The van der Waals surface area contributed by atoms with Gasteiger partial charge in [-0.1, -0.05) is 128 Å². The second kappa shape index (κ2) is 35.2. The van der Waals surface area contributed by atoms with Gasteiger partial charge in [-0.25, -0.2) is 9.18 Å². The average Bonchev–Trinajstić information content (AvgIpc) is 4.06. The predicted molar refractivity (Wildman–Crippen MR) is 344 cm³/mol. The van der Waals surface area contributed by atoms with Gasteiger partial charge in [-0.2, -0.15) is 0 Å². The minimum absolute atomic E-state index is 0.00399. The van der Waals surface area contributed by atoms with Gasteiger partial charge in [-0.15, -0.1) is 0 Å². The van der Waals surface area contributed by atoms with Gasteiger partial charge in [-0.05, 0) is 160 Å². The zero-order valence-corrected chi connectivity index (χ0v) is 55.7. The number of halogens is 1. The van der Waals surface area contributed by atoms with Crippen LogP contribution in [0.4, 0.5) is 14.9 Å². The maximum absolute atomic E-state index is 15.1. The molecule has 1 aromatic heterocycles. The highest BCUT2D eigenvalue weighted by Gasteiger charge is 2.34. The molecule has 2 aromatic carbocycles. The summed E-state index contributed by atoms with van der Waals surface area (Å²) in [5.41, 5.74) is 8.62. The van der Waals surface area contributed by atoms with Crippen molar-refractivity contribution in [1.82, 2.24) is 29.9 Å². The van der Waals surface area contributed by atoms with Gasteiger partial charge in [0.15, 0.2) is 5.78 Å². The van der Waals surface area contributed by atoms with E-state index in [1.54, 1.807) is 40.0 Å². The molecule has 0 aliphatic carbocycles. The molecular weight excluding hydrogens is 1040 g/mol. The number of hydrogen-bond acceptors (Lipinski definition) is 9. The van der Waals surface area contributed by atoms with Crippen molar-refractivity contribution in [2.45, 2.75) is 218 Å². The van der Waals surface area contributed by atoms with Crippen molar-refractivity contribution >= 4 is 66.5 Å². The number of Topliss-reactive ketones (excluding diaryl/α,β-unsaturated/α-hetero) is 1. The van der Waals surface area contributed by atoms with Gasteiger partial charge < -0.3 is 34.6 Å². The van der Waals surface area contributed by atoms with Crippen molar-refractivity contribution in [2.75, 3.05) is 52.7 Å². The number of nitrogens with one attached hydrogen (secondary N) is 2. The molecule has 15 heteroatoms. The maximum atomic E-state index is 15.1. The fourth-order valence-corrected chi connectivity index (χ4v) is 10.1. The smallest absolute Gasteiger partial charge is 0.410 e. The van der Waals surface area contributed by atoms with E-state index in [0.717, 1.165) is 86.5 Å². The summed E-state index contributed by atoms with van der Waals surface area (Å²) in [7, 11) is 7.86. The summed E-state index contributed by atoms with van der Waals surface area (Å²) in [4.78, 5) is 66.6. The van der Waals surface area contributed by atoms with Gasteiger partial charge in [0.25, 0.3) is 0 Å². The predicted octanol–water partition coefficient (Wildman–Crippen LogP) is 14.2. The lowest BCUT2D eigenvalue weighted by molar-refractivity contribution is -0.130. The van der Waals surface area contributed by atoms with Crippen LogP contribution in [0.2, 0.25) is 0 Å². The number of carbonyl (C=O) groups excluding carboxylic acids is 5. The zero-order chi connectivity index (χ0) is 62.3. The molecule has 1 saturated heterocycles. The number of aryl methyl sites for hydroxylation is 1. The lowest BCUT2D eigenvalue weighted by atomic mass is 9.89. The van der Waals surface area contributed by atoms with Crippen molar-refractivity contribution < 1.29 is 33.1 Å². The van der Waals surface area contributed by atoms with Crippen molar-refractivity contribution in [1.29, 1.82) is 0 Å². The van der Waals surface area contributed by atoms with Crippen molar-refractivity contribution in [3.05, 3.63) is 76.9 Å². The van der Waals surface area contributed by atoms with Crippen molar-refractivity contribution in [3.8, 4) is 0 Å². The highest BCUT2D eigenvalue weighted by atomic mass is 31.1. The summed E-state index contributed by atoms with van der Waals surface area (Å²) >= 11 is 0. The molecule has 5 rings (SSSR count). The Labute approximate surface area is 492 Å². The number of carbonyl (C=O) groups is 5. The van der Waals surface area contributed by atoms with Crippen LogP contribution in [0.3, 0.4) is 0 Å². The van der Waals surface area contributed by atoms with Gasteiger partial charge in [-0.3, -0.25) is 24.1 Å². The number of likely N-dealkylation sites (N-methyl/N-ethyl adjacent to an activating group) is 3. The highest BCUT2D eigenvalue weighted by molar-refractivity contribution is 7.56. The molecule has 0 radical (unpaired) electrons. The Kier molecular flexibility index (Phi) is 32.1.